The van der Waals surface area contributed by atoms with Crippen molar-refractivity contribution < 1.29 is 8.83 Å². The van der Waals surface area contributed by atoms with Crippen molar-refractivity contribution in [3.05, 3.63) is 212 Å². The zero-order valence-corrected chi connectivity index (χ0v) is 31.0. The summed E-state index contributed by atoms with van der Waals surface area (Å²) in [5.41, 5.74) is 15.8. The van der Waals surface area contributed by atoms with Crippen LogP contribution in [-0.2, 0) is 0 Å². The van der Waals surface area contributed by atoms with Gasteiger partial charge in [-0.3, -0.25) is 0 Å². The number of benzene rings is 9. The largest absolute Gasteiger partial charge is 0.456 e. The van der Waals surface area contributed by atoms with E-state index in [2.05, 4.69) is 199 Å². The van der Waals surface area contributed by atoms with Crippen molar-refractivity contribution in [2.75, 3.05) is 4.90 Å². The van der Waals surface area contributed by atoms with E-state index in [9.17, 15) is 0 Å². The molecule has 57 heavy (non-hydrogen) atoms. The van der Waals surface area contributed by atoms with Crippen LogP contribution in [0.2, 0.25) is 0 Å². The second-order valence-corrected chi connectivity index (χ2v) is 14.4. The van der Waals surface area contributed by atoms with Gasteiger partial charge in [0.15, 0.2) is 0 Å². The van der Waals surface area contributed by atoms with Gasteiger partial charge in [0.2, 0.25) is 0 Å². The Balaban J connectivity index is 1.13. The lowest BCUT2D eigenvalue weighted by Crippen LogP contribution is -2.11. The number of para-hydroxylation sites is 2. The van der Waals surface area contributed by atoms with Crippen LogP contribution in [0.5, 0.6) is 0 Å². The molecular weight excluding hydrogens is 695 g/mol. The van der Waals surface area contributed by atoms with Crippen molar-refractivity contribution in [1.82, 2.24) is 0 Å². The first-order valence-electron chi connectivity index (χ1n) is 19.3. The molecule has 11 aromatic rings. The number of anilines is 3. The van der Waals surface area contributed by atoms with Crippen molar-refractivity contribution in [2.45, 2.75) is 0 Å². The minimum Gasteiger partial charge on any atom is -0.456 e. The maximum Gasteiger partial charge on any atom is 0.145 e. The minimum atomic E-state index is 0.843. The highest BCUT2D eigenvalue weighted by molar-refractivity contribution is 6.20. The van der Waals surface area contributed by atoms with Crippen LogP contribution >= 0.6 is 0 Å². The molecule has 0 saturated carbocycles. The predicted molar refractivity (Wildman–Crippen MR) is 237 cm³/mol. The lowest BCUT2D eigenvalue weighted by Gasteiger charge is -2.27. The smallest absolute Gasteiger partial charge is 0.145 e. The molecule has 2 aromatic heterocycles. The maximum atomic E-state index is 6.77. The highest BCUT2D eigenvalue weighted by Gasteiger charge is 2.25. The molecule has 0 unspecified atom stereocenters. The molecule has 0 radical (unpaired) electrons. The fourth-order valence-electron chi connectivity index (χ4n) is 8.54. The third kappa shape index (κ3) is 5.51. The fourth-order valence-corrected chi connectivity index (χ4v) is 8.54. The molecule has 3 heteroatoms. The first-order valence-corrected chi connectivity index (χ1v) is 19.3. The third-order valence-electron chi connectivity index (χ3n) is 11.1. The van der Waals surface area contributed by atoms with Gasteiger partial charge in [0.05, 0.1) is 22.1 Å². The summed E-state index contributed by atoms with van der Waals surface area (Å²) in [4.78, 5) is 2.38. The van der Waals surface area contributed by atoms with Gasteiger partial charge in [-0.05, 0) is 87.5 Å². The molecule has 0 aliphatic carbocycles. The van der Waals surface area contributed by atoms with E-state index in [1.54, 1.807) is 0 Å². The summed E-state index contributed by atoms with van der Waals surface area (Å²) < 4.78 is 13.2. The van der Waals surface area contributed by atoms with E-state index in [1.165, 1.54) is 27.8 Å². The zero-order chi connectivity index (χ0) is 37.7. The van der Waals surface area contributed by atoms with Crippen molar-refractivity contribution in [3.8, 4) is 44.5 Å². The minimum absolute atomic E-state index is 0.843. The second kappa shape index (κ2) is 13.6. The van der Waals surface area contributed by atoms with Crippen molar-refractivity contribution in [2.24, 2.45) is 0 Å². The van der Waals surface area contributed by atoms with Crippen LogP contribution < -0.4 is 4.90 Å². The van der Waals surface area contributed by atoms with Gasteiger partial charge >= 0.3 is 0 Å². The molecular formula is C54H35NO2. The van der Waals surface area contributed by atoms with Crippen LogP contribution in [0.4, 0.5) is 17.1 Å². The number of nitrogens with zero attached hydrogens (tertiary/aromatic N) is 1. The molecule has 0 amide bonds. The zero-order valence-electron chi connectivity index (χ0n) is 31.0. The second-order valence-electron chi connectivity index (χ2n) is 14.4. The lowest BCUT2D eigenvalue weighted by molar-refractivity contribution is 0.669. The molecule has 11 rings (SSSR count). The summed E-state index contributed by atoms with van der Waals surface area (Å²) in [7, 11) is 0. The topological polar surface area (TPSA) is 29.5 Å². The molecule has 0 saturated heterocycles. The quantitative estimate of drug-likeness (QED) is 0.164. The Morgan fingerprint density at radius 1 is 0.281 bits per heavy atom. The normalized spacial score (nSPS) is 11.5. The van der Waals surface area contributed by atoms with Crippen molar-refractivity contribution in [3.63, 3.8) is 0 Å². The van der Waals surface area contributed by atoms with Crippen LogP contribution in [-0.4, -0.2) is 0 Å². The SMILES string of the molecule is c1ccc(-c2ccccc2-c2ccccc2-c2ccc(N(c3cccc4oc5ccccc5c34)c3ccc(-c4ccccc4)c4oc5ccccc5c34)cc2)cc1. The summed E-state index contributed by atoms with van der Waals surface area (Å²) in [5.74, 6) is 0. The van der Waals surface area contributed by atoms with E-state index in [-0.39, 0.29) is 0 Å². The first kappa shape index (κ1) is 32.8. The van der Waals surface area contributed by atoms with Crippen LogP contribution in [0.25, 0.3) is 88.4 Å². The van der Waals surface area contributed by atoms with Crippen LogP contribution in [0.15, 0.2) is 221 Å². The summed E-state index contributed by atoms with van der Waals surface area (Å²) in [6, 6.07) is 75.0. The summed E-state index contributed by atoms with van der Waals surface area (Å²) in [5, 5.41) is 4.26. The summed E-state index contributed by atoms with van der Waals surface area (Å²) in [6.07, 6.45) is 0. The van der Waals surface area contributed by atoms with Gasteiger partial charge in [-0.25, -0.2) is 0 Å². The Morgan fingerprint density at radius 2 is 0.754 bits per heavy atom. The highest BCUT2D eigenvalue weighted by Crippen LogP contribution is 2.49. The Morgan fingerprint density at radius 3 is 1.40 bits per heavy atom. The Bertz CT molecular complexity index is 3230. The monoisotopic (exact) mass is 729 g/mol. The van der Waals surface area contributed by atoms with E-state index < -0.39 is 0 Å². The van der Waals surface area contributed by atoms with Crippen LogP contribution in [0.1, 0.15) is 0 Å². The number of furan rings is 2. The Hall–Kier alpha value is -7.62. The molecule has 2 heterocycles. The molecule has 9 aromatic carbocycles. The molecule has 3 nitrogen and oxygen atoms in total. The number of fused-ring (bicyclic) bond motifs is 6. The molecule has 0 fully saturated rings. The van der Waals surface area contributed by atoms with E-state index in [1.807, 2.05) is 18.2 Å². The van der Waals surface area contributed by atoms with Crippen LogP contribution in [0.3, 0.4) is 0 Å². The number of hydrogen-bond acceptors (Lipinski definition) is 3. The van der Waals surface area contributed by atoms with Gasteiger partial charge in [0.25, 0.3) is 0 Å². The molecule has 0 spiro atoms. The van der Waals surface area contributed by atoms with Crippen LogP contribution in [0, 0.1) is 0 Å². The first-order chi connectivity index (χ1) is 28.3. The van der Waals surface area contributed by atoms with E-state index in [0.717, 1.165) is 77.6 Å². The van der Waals surface area contributed by atoms with E-state index in [0.29, 0.717) is 0 Å². The number of hydrogen-bond donors (Lipinski definition) is 0. The van der Waals surface area contributed by atoms with E-state index in [4.69, 9.17) is 8.83 Å². The third-order valence-corrected chi connectivity index (χ3v) is 11.1. The van der Waals surface area contributed by atoms with Gasteiger partial charge in [-0.15, -0.1) is 0 Å². The van der Waals surface area contributed by atoms with Gasteiger partial charge in [0, 0.05) is 22.0 Å². The standard InChI is InChI=1S/C54H35NO2/c1-3-16-36(17-4-1)40-20-7-9-22-43(40)44-23-10-8-21-41(44)38-30-32-39(33-31-38)55(47-26-15-29-51-52(47)45-24-11-13-27-49(45)56-51)48-35-34-42(37-18-5-2-6-19-37)54-53(48)46-25-12-14-28-50(46)57-54/h1-35H. The summed E-state index contributed by atoms with van der Waals surface area (Å²) in [6.45, 7) is 0. The summed E-state index contributed by atoms with van der Waals surface area (Å²) >= 11 is 0. The lowest BCUT2D eigenvalue weighted by atomic mass is 9.89. The van der Waals surface area contributed by atoms with Gasteiger partial charge < -0.3 is 13.7 Å². The molecule has 0 atom stereocenters. The van der Waals surface area contributed by atoms with Gasteiger partial charge in [0.1, 0.15) is 22.3 Å². The van der Waals surface area contributed by atoms with Crippen molar-refractivity contribution >= 4 is 60.9 Å². The fraction of sp³-hybridized carbons (Fsp3) is 0. The number of rotatable bonds is 7. The average molecular weight is 730 g/mol. The molecule has 0 aliphatic rings. The molecule has 0 aliphatic heterocycles. The average Bonchev–Trinajstić information content (AvgIpc) is 3.87. The highest BCUT2D eigenvalue weighted by atomic mass is 16.3. The van der Waals surface area contributed by atoms with Gasteiger partial charge in [-0.1, -0.05) is 164 Å². The predicted octanol–water partition coefficient (Wildman–Crippen LogP) is 15.6. The maximum absolute atomic E-state index is 6.77. The van der Waals surface area contributed by atoms with Crippen molar-refractivity contribution in [1.29, 1.82) is 0 Å². The Labute approximate surface area is 330 Å². The molecule has 0 N–H and O–H groups in total. The van der Waals surface area contributed by atoms with E-state index >= 15 is 0 Å². The molecule has 0 bridgehead atoms. The Kier molecular flexibility index (Phi) is 7.82. The van der Waals surface area contributed by atoms with Gasteiger partial charge in [-0.2, -0.15) is 0 Å². The molecule has 268 valence electrons.